The van der Waals surface area contributed by atoms with E-state index in [0.29, 0.717) is 30.7 Å². The van der Waals surface area contributed by atoms with Crippen molar-refractivity contribution in [1.29, 1.82) is 0 Å². The fourth-order valence-corrected chi connectivity index (χ4v) is 4.14. The molecule has 2 heterocycles. The fourth-order valence-electron chi connectivity index (χ4n) is 4.14. The molecule has 2 saturated heterocycles. The van der Waals surface area contributed by atoms with E-state index in [1.54, 1.807) is 0 Å². The average molecular weight is 437 g/mol. The van der Waals surface area contributed by atoms with Gasteiger partial charge in [0.1, 0.15) is 0 Å². The second-order valence-corrected chi connectivity index (χ2v) is 7.05. The molecule has 3 aliphatic rings. The molecule has 6 heteroatoms. The predicted octanol–water partition coefficient (Wildman–Crippen LogP) is 2.42. The van der Waals surface area contributed by atoms with Crippen LogP contribution in [0.2, 0.25) is 0 Å². The second kappa shape index (κ2) is 9.42. The zero-order chi connectivity index (χ0) is 15.4. The Labute approximate surface area is 157 Å². The molecule has 3 fully saturated rings. The molecule has 1 aliphatic carbocycles. The highest BCUT2D eigenvalue weighted by Gasteiger charge is 2.41. The molecule has 3 rings (SSSR count). The number of halogens is 1. The molecule has 0 spiro atoms. The van der Waals surface area contributed by atoms with Gasteiger partial charge in [0.25, 0.3) is 0 Å². The zero-order valence-electron chi connectivity index (χ0n) is 14.2. The Balaban J connectivity index is 0.00000192. The molecule has 0 aromatic heterocycles. The molecule has 0 aromatic carbocycles. The third-order valence-corrected chi connectivity index (χ3v) is 5.40. The lowest BCUT2D eigenvalue weighted by atomic mass is 9.85. The molecule has 23 heavy (non-hydrogen) atoms. The Morgan fingerprint density at radius 1 is 1.22 bits per heavy atom. The summed E-state index contributed by atoms with van der Waals surface area (Å²) in [5.41, 5.74) is 0. The van der Waals surface area contributed by atoms with Crippen LogP contribution in [0, 0.1) is 5.92 Å². The third kappa shape index (κ3) is 5.19. The van der Waals surface area contributed by atoms with Gasteiger partial charge in [0.05, 0.1) is 30.9 Å². The maximum atomic E-state index is 10.4. The van der Waals surface area contributed by atoms with Gasteiger partial charge >= 0.3 is 0 Å². The second-order valence-electron chi connectivity index (χ2n) is 7.05. The van der Waals surface area contributed by atoms with Crippen LogP contribution in [-0.2, 0) is 4.74 Å². The summed E-state index contributed by atoms with van der Waals surface area (Å²) in [6, 6.07) is 0.378. The van der Waals surface area contributed by atoms with Crippen LogP contribution >= 0.6 is 24.0 Å². The SMILES string of the molecule is CCNC(=NCC(O)C1CCCCC1)NC1CC2CCC1O2.I. The Bertz CT molecular complexity index is 388. The van der Waals surface area contributed by atoms with E-state index in [0.717, 1.165) is 38.2 Å². The first-order chi connectivity index (χ1) is 10.8. The van der Waals surface area contributed by atoms with Gasteiger partial charge in [-0.15, -0.1) is 24.0 Å². The summed E-state index contributed by atoms with van der Waals surface area (Å²) in [5, 5.41) is 17.2. The lowest BCUT2D eigenvalue weighted by Gasteiger charge is -2.26. The molecule has 1 saturated carbocycles. The highest BCUT2D eigenvalue weighted by Crippen LogP contribution is 2.34. The molecular formula is C17H32IN3O2. The van der Waals surface area contributed by atoms with Crippen LogP contribution in [0.3, 0.4) is 0 Å². The highest BCUT2D eigenvalue weighted by atomic mass is 127. The number of hydrogen-bond acceptors (Lipinski definition) is 3. The Hall–Kier alpha value is -0.0800. The van der Waals surface area contributed by atoms with Crippen molar-refractivity contribution in [2.75, 3.05) is 13.1 Å². The lowest BCUT2D eigenvalue weighted by molar-refractivity contribution is 0.0921. The van der Waals surface area contributed by atoms with Crippen LogP contribution in [0.5, 0.6) is 0 Å². The number of aliphatic hydroxyl groups excluding tert-OH is 1. The van der Waals surface area contributed by atoms with Gasteiger partial charge in [-0.25, -0.2) is 0 Å². The first kappa shape index (κ1) is 19.2. The van der Waals surface area contributed by atoms with Crippen LogP contribution in [0.4, 0.5) is 0 Å². The van der Waals surface area contributed by atoms with E-state index in [9.17, 15) is 5.11 Å². The van der Waals surface area contributed by atoms with Crippen molar-refractivity contribution >= 4 is 29.9 Å². The summed E-state index contributed by atoms with van der Waals surface area (Å²) in [7, 11) is 0. The molecule has 134 valence electrons. The average Bonchev–Trinajstić information content (AvgIpc) is 3.16. The van der Waals surface area contributed by atoms with Crippen LogP contribution in [0.15, 0.2) is 4.99 Å². The molecule has 0 radical (unpaired) electrons. The van der Waals surface area contributed by atoms with Crippen molar-refractivity contribution in [1.82, 2.24) is 10.6 Å². The lowest BCUT2D eigenvalue weighted by Crippen LogP contribution is -2.47. The topological polar surface area (TPSA) is 65.9 Å². The van der Waals surface area contributed by atoms with Gasteiger partial charge in [-0.3, -0.25) is 4.99 Å². The van der Waals surface area contributed by atoms with Crippen molar-refractivity contribution in [3.05, 3.63) is 0 Å². The largest absolute Gasteiger partial charge is 0.391 e. The Kier molecular flexibility index (Phi) is 7.88. The predicted molar refractivity (Wildman–Crippen MR) is 103 cm³/mol. The monoisotopic (exact) mass is 437 g/mol. The van der Waals surface area contributed by atoms with E-state index in [4.69, 9.17) is 4.74 Å². The summed E-state index contributed by atoms with van der Waals surface area (Å²) in [4.78, 5) is 4.62. The Morgan fingerprint density at radius 3 is 2.61 bits per heavy atom. The van der Waals surface area contributed by atoms with E-state index < -0.39 is 0 Å². The maximum Gasteiger partial charge on any atom is 0.191 e. The van der Waals surface area contributed by atoms with Crippen LogP contribution in [-0.4, -0.2) is 48.5 Å². The van der Waals surface area contributed by atoms with E-state index in [2.05, 4.69) is 22.5 Å². The number of aliphatic hydroxyl groups is 1. The summed E-state index contributed by atoms with van der Waals surface area (Å²) in [6.07, 6.45) is 10.1. The molecule has 2 bridgehead atoms. The number of hydrogen-bond donors (Lipinski definition) is 3. The molecule has 4 atom stereocenters. The number of ether oxygens (including phenoxy) is 1. The summed E-state index contributed by atoms with van der Waals surface area (Å²) < 4.78 is 5.89. The summed E-state index contributed by atoms with van der Waals surface area (Å²) in [6.45, 7) is 3.42. The maximum absolute atomic E-state index is 10.4. The number of aliphatic imine (C=N–C) groups is 1. The standard InChI is InChI=1S/C17H31N3O2.HI/c1-2-18-17(20-14-10-13-8-9-16(14)22-13)19-11-15(21)12-6-4-3-5-7-12;/h12-16,21H,2-11H2,1H3,(H2,18,19,20);1H. The van der Waals surface area contributed by atoms with Gasteiger partial charge < -0.3 is 20.5 Å². The minimum absolute atomic E-state index is 0. The van der Waals surface area contributed by atoms with Crippen molar-refractivity contribution in [2.45, 2.75) is 82.6 Å². The Morgan fingerprint density at radius 2 is 2.00 bits per heavy atom. The molecule has 0 aromatic rings. The van der Waals surface area contributed by atoms with E-state index in [1.807, 2.05) is 0 Å². The molecule has 3 N–H and O–H groups in total. The van der Waals surface area contributed by atoms with E-state index in [-0.39, 0.29) is 30.1 Å². The van der Waals surface area contributed by atoms with E-state index in [1.165, 1.54) is 25.7 Å². The van der Waals surface area contributed by atoms with Gasteiger partial charge in [0.15, 0.2) is 5.96 Å². The van der Waals surface area contributed by atoms with Gasteiger partial charge in [-0.1, -0.05) is 19.3 Å². The fraction of sp³-hybridized carbons (Fsp3) is 0.941. The van der Waals surface area contributed by atoms with Crippen LogP contribution in [0.1, 0.15) is 58.3 Å². The van der Waals surface area contributed by atoms with Gasteiger partial charge in [0, 0.05) is 6.54 Å². The van der Waals surface area contributed by atoms with Crippen molar-refractivity contribution in [3.63, 3.8) is 0 Å². The van der Waals surface area contributed by atoms with Crippen molar-refractivity contribution in [3.8, 4) is 0 Å². The minimum atomic E-state index is -0.299. The summed E-state index contributed by atoms with van der Waals surface area (Å²) in [5.74, 6) is 1.27. The van der Waals surface area contributed by atoms with E-state index >= 15 is 0 Å². The van der Waals surface area contributed by atoms with Crippen LogP contribution < -0.4 is 10.6 Å². The highest BCUT2D eigenvalue weighted by molar-refractivity contribution is 14.0. The number of guanidine groups is 1. The van der Waals surface area contributed by atoms with Crippen LogP contribution in [0.25, 0.3) is 0 Å². The van der Waals surface area contributed by atoms with Crippen molar-refractivity contribution in [2.24, 2.45) is 10.9 Å². The number of nitrogens with zero attached hydrogens (tertiary/aromatic N) is 1. The molecular weight excluding hydrogens is 405 g/mol. The molecule has 5 nitrogen and oxygen atoms in total. The first-order valence-corrected chi connectivity index (χ1v) is 9.14. The zero-order valence-corrected chi connectivity index (χ0v) is 16.5. The number of nitrogens with one attached hydrogen (secondary N) is 2. The quantitative estimate of drug-likeness (QED) is 0.351. The number of rotatable bonds is 5. The number of fused-ring (bicyclic) bond motifs is 2. The van der Waals surface area contributed by atoms with Crippen molar-refractivity contribution < 1.29 is 9.84 Å². The molecule has 4 unspecified atom stereocenters. The van der Waals surface area contributed by atoms with Gasteiger partial charge in [0.2, 0.25) is 0 Å². The normalized spacial score (nSPS) is 32.4. The summed E-state index contributed by atoms with van der Waals surface area (Å²) >= 11 is 0. The smallest absolute Gasteiger partial charge is 0.191 e. The first-order valence-electron chi connectivity index (χ1n) is 9.14. The van der Waals surface area contributed by atoms with Gasteiger partial charge in [-0.05, 0) is 44.9 Å². The molecule has 0 amide bonds. The molecule has 2 aliphatic heterocycles. The minimum Gasteiger partial charge on any atom is -0.391 e. The third-order valence-electron chi connectivity index (χ3n) is 5.40. The van der Waals surface area contributed by atoms with Gasteiger partial charge in [-0.2, -0.15) is 0 Å².